The third-order valence-corrected chi connectivity index (χ3v) is 2.82. The molecule has 0 aromatic heterocycles. The Balaban J connectivity index is 2.88. The quantitative estimate of drug-likeness (QED) is 0.805. The van der Waals surface area contributed by atoms with Crippen molar-refractivity contribution in [2.75, 3.05) is 7.11 Å². The van der Waals surface area contributed by atoms with E-state index in [0.29, 0.717) is 6.42 Å². The van der Waals surface area contributed by atoms with Crippen LogP contribution in [0.2, 0.25) is 0 Å². The Kier molecular flexibility index (Phi) is 5.96. The molecule has 1 aromatic carbocycles. The monoisotopic (exact) mass is 283 g/mol. The van der Waals surface area contributed by atoms with Gasteiger partial charge in [0.25, 0.3) is 0 Å². The number of carbonyl (C=O) groups excluding carboxylic acids is 1. The maximum atomic E-state index is 13.6. The van der Waals surface area contributed by atoms with E-state index >= 15 is 0 Å². The molecular weight excluding hydrogens is 265 g/mol. The number of carboxylic acids is 1. The van der Waals surface area contributed by atoms with Gasteiger partial charge in [-0.05, 0) is 24.1 Å². The summed E-state index contributed by atoms with van der Waals surface area (Å²) in [5, 5.41) is 11.5. The van der Waals surface area contributed by atoms with Gasteiger partial charge in [-0.1, -0.05) is 19.4 Å². The first-order chi connectivity index (χ1) is 9.49. The summed E-state index contributed by atoms with van der Waals surface area (Å²) in [6.07, 6.45) is 1.76. The lowest BCUT2D eigenvalue weighted by molar-refractivity contribution is -0.142. The second kappa shape index (κ2) is 7.47. The average Bonchev–Trinajstić information content (AvgIpc) is 2.42. The van der Waals surface area contributed by atoms with E-state index < -0.39 is 17.8 Å². The number of amides is 1. The Bertz CT molecular complexity index is 490. The lowest BCUT2D eigenvalue weighted by Gasteiger charge is -2.15. The van der Waals surface area contributed by atoms with Crippen molar-refractivity contribution < 1.29 is 23.8 Å². The van der Waals surface area contributed by atoms with Crippen molar-refractivity contribution in [2.24, 2.45) is 0 Å². The molecule has 0 saturated carbocycles. The molecule has 0 heterocycles. The molecule has 1 amide bonds. The molecule has 0 bridgehead atoms. The van der Waals surface area contributed by atoms with Crippen molar-refractivity contribution in [3.63, 3.8) is 0 Å². The number of carboxylic acid groups (broad SMARTS) is 1. The summed E-state index contributed by atoms with van der Waals surface area (Å²) in [6, 6.07) is 2.54. The number of benzene rings is 1. The minimum Gasteiger partial charge on any atom is -0.494 e. The maximum Gasteiger partial charge on any atom is 0.330 e. The summed E-state index contributed by atoms with van der Waals surface area (Å²) in [4.78, 5) is 22.8. The number of methoxy groups -OCH3 is 1. The van der Waals surface area contributed by atoms with E-state index in [0.717, 1.165) is 12.5 Å². The molecule has 1 unspecified atom stereocenters. The van der Waals surface area contributed by atoms with Crippen LogP contribution in [0.3, 0.4) is 0 Å². The molecule has 0 fully saturated rings. The standard InChI is InChI=1S/C14H18FNO4/c1-3-4-5-12(17)16-13(14(18)19)9-6-7-11(20-2)10(15)8-9/h6-8,13H,3-5H2,1-2H3,(H,16,17)(H,18,19). The van der Waals surface area contributed by atoms with Crippen molar-refractivity contribution in [1.82, 2.24) is 5.32 Å². The molecule has 1 atom stereocenters. The Hall–Kier alpha value is -2.11. The zero-order valence-electron chi connectivity index (χ0n) is 11.5. The van der Waals surface area contributed by atoms with Crippen molar-refractivity contribution >= 4 is 11.9 Å². The van der Waals surface area contributed by atoms with Crippen LogP contribution >= 0.6 is 0 Å². The van der Waals surface area contributed by atoms with Crippen molar-refractivity contribution in [2.45, 2.75) is 32.2 Å². The number of ether oxygens (including phenoxy) is 1. The topological polar surface area (TPSA) is 75.6 Å². The minimum absolute atomic E-state index is 0.0233. The SMILES string of the molecule is CCCCC(=O)NC(C(=O)O)c1ccc(OC)c(F)c1. The van der Waals surface area contributed by atoms with Crippen LogP contribution in [0.1, 0.15) is 37.8 Å². The van der Waals surface area contributed by atoms with Crippen LogP contribution in [0.4, 0.5) is 4.39 Å². The van der Waals surface area contributed by atoms with Gasteiger partial charge in [-0.2, -0.15) is 0 Å². The van der Waals surface area contributed by atoms with Crippen LogP contribution in [0.25, 0.3) is 0 Å². The van der Waals surface area contributed by atoms with Crippen LogP contribution in [-0.4, -0.2) is 24.1 Å². The highest BCUT2D eigenvalue weighted by Gasteiger charge is 2.23. The molecule has 6 heteroatoms. The van der Waals surface area contributed by atoms with E-state index in [1.165, 1.54) is 19.2 Å². The predicted molar refractivity (Wildman–Crippen MR) is 71.0 cm³/mol. The molecule has 20 heavy (non-hydrogen) atoms. The van der Waals surface area contributed by atoms with Crippen LogP contribution in [-0.2, 0) is 9.59 Å². The minimum atomic E-state index is -1.26. The number of carbonyl (C=O) groups is 2. The largest absolute Gasteiger partial charge is 0.494 e. The van der Waals surface area contributed by atoms with Gasteiger partial charge in [0.05, 0.1) is 7.11 Å². The molecule has 0 aliphatic rings. The van der Waals surface area contributed by atoms with E-state index in [4.69, 9.17) is 9.84 Å². The van der Waals surface area contributed by atoms with Crippen LogP contribution in [0.5, 0.6) is 5.75 Å². The molecule has 0 spiro atoms. The molecule has 0 radical (unpaired) electrons. The Morgan fingerprint density at radius 2 is 2.15 bits per heavy atom. The number of hydrogen-bond donors (Lipinski definition) is 2. The van der Waals surface area contributed by atoms with Crippen molar-refractivity contribution in [1.29, 1.82) is 0 Å². The first-order valence-corrected chi connectivity index (χ1v) is 6.35. The molecule has 0 aliphatic heterocycles. The van der Waals surface area contributed by atoms with Gasteiger partial charge in [0.15, 0.2) is 17.6 Å². The van der Waals surface area contributed by atoms with Gasteiger partial charge in [0.1, 0.15) is 0 Å². The molecule has 1 rings (SSSR count). The van der Waals surface area contributed by atoms with Gasteiger partial charge >= 0.3 is 5.97 Å². The Morgan fingerprint density at radius 3 is 2.65 bits per heavy atom. The zero-order valence-corrected chi connectivity index (χ0v) is 11.5. The van der Waals surface area contributed by atoms with E-state index in [1.54, 1.807) is 0 Å². The zero-order chi connectivity index (χ0) is 15.1. The van der Waals surface area contributed by atoms with Gasteiger partial charge in [0.2, 0.25) is 5.91 Å². The van der Waals surface area contributed by atoms with Gasteiger partial charge in [-0.3, -0.25) is 4.79 Å². The molecule has 2 N–H and O–H groups in total. The van der Waals surface area contributed by atoms with Crippen molar-refractivity contribution in [3.05, 3.63) is 29.6 Å². The molecule has 5 nitrogen and oxygen atoms in total. The molecule has 110 valence electrons. The summed E-state index contributed by atoms with van der Waals surface area (Å²) in [5.41, 5.74) is 0.167. The highest BCUT2D eigenvalue weighted by molar-refractivity contribution is 5.84. The summed E-state index contributed by atoms with van der Waals surface area (Å²) < 4.78 is 18.3. The highest BCUT2D eigenvalue weighted by atomic mass is 19.1. The van der Waals surface area contributed by atoms with E-state index in [9.17, 15) is 14.0 Å². The molecule has 0 saturated heterocycles. The number of halogens is 1. The van der Waals surface area contributed by atoms with Crippen LogP contribution in [0.15, 0.2) is 18.2 Å². The van der Waals surface area contributed by atoms with Gasteiger partial charge < -0.3 is 15.2 Å². The van der Waals surface area contributed by atoms with Gasteiger partial charge in [-0.15, -0.1) is 0 Å². The number of rotatable bonds is 7. The van der Waals surface area contributed by atoms with E-state index in [1.807, 2.05) is 6.92 Å². The summed E-state index contributed by atoms with van der Waals surface area (Å²) in [7, 11) is 1.32. The summed E-state index contributed by atoms with van der Waals surface area (Å²) in [6.45, 7) is 1.93. The second-order valence-electron chi connectivity index (χ2n) is 4.34. The lowest BCUT2D eigenvalue weighted by Crippen LogP contribution is -2.33. The van der Waals surface area contributed by atoms with Gasteiger partial charge in [-0.25, -0.2) is 9.18 Å². The smallest absolute Gasteiger partial charge is 0.330 e. The number of aliphatic carboxylic acids is 1. The van der Waals surface area contributed by atoms with Crippen molar-refractivity contribution in [3.8, 4) is 5.75 Å². The van der Waals surface area contributed by atoms with Crippen LogP contribution < -0.4 is 10.1 Å². The lowest BCUT2D eigenvalue weighted by atomic mass is 10.1. The Labute approximate surface area is 116 Å². The van der Waals surface area contributed by atoms with E-state index in [2.05, 4.69) is 5.32 Å². The maximum absolute atomic E-state index is 13.6. The fourth-order valence-electron chi connectivity index (χ4n) is 1.72. The average molecular weight is 283 g/mol. The predicted octanol–water partition coefficient (Wildman–Crippen LogP) is 2.27. The fourth-order valence-corrected chi connectivity index (χ4v) is 1.72. The first-order valence-electron chi connectivity index (χ1n) is 6.35. The third-order valence-electron chi connectivity index (χ3n) is 2.82. The van der Waals surface area contributed by atoms with Gasteiger partial charge in [0, 0.05) is 6.42 Å². The highest BCUT2D eigenvalue weighted by Crippen LogP contribution is 2.22. The van der Waals surface area contributed by atoms with E-state index in [-0.39, 0.29) is 23.6 Å². The first kappa shape index (κ1) is 15.9. The fraction of sp³-hybridized carbons (Fsp3) is 0.429. The second-order valence-corrected chi connectivity index (χ2v) is 4.34. The summed E-state index contributed by atoms with van der Waals surface area (Å²) in [5.74, 6) is -2.25. The third kappa shape index (κ3) is 4.22. The molecular formula is C14H18FNO4. The molecule has 1 aromatic rings. The molecule has 0 aliphatic carbocycles. The Morgan fingerprint density at radius 1 is 1.45 bits per heavy atom. The number of hydrogen-bond acceptors (Lipinski definition) is 3. The number of unbranched alkanes of at least 4 members (excludes halogenated alkanes) is 1. The summed E-state index contributed by atoms with van der Waals surface area (Å²) >= 11 is 0. The number of nitrogens with one attached hydrogen (secondary N) is 1. The van der Waals surface area contributed by atoms with Crippen LogP contribution in [0, 0.1) is 5.82 Å². The normalized spacial score (nSPS) is 11.8.